The first kappa shape index (κ1) is 20.1. The van der Waals surface area contributed by atoms with Gasteiger partial charge in [-0.05, 0) is 72.4 Å². The summed E-state index contributed by atoms with van der Waals surface area (Å²) in [5.41, 5.74) is 4.60. The molecule has 0 aromatic heterocycles. The topological polar surface area (TPSA) is 76.7 Å². The van der Waals surface area contributed by atoms with Crippen LogP contribution in [-0.4, -0.2) is 25.7 Å². The highest BCUT2D eigenvalue weighted by atomic mass is 16.7. The molecule has 0 saturated heterocycles. The van der Waals surface area contributed by atoms with Crippen LogP contribution in [-0.2, 0) is 10.2 Å². The average molecular weight is 428 g/mol. The highest BCUT2D eigenvalue weighted by Crippen LogP contribution is 2.51. The summed E-state index contributed by atoms with van der Waals surface area (Å²) < 4.78 is 10.9. The molecular weight excluding hydrogens is 404 g/mol. The minimum absolute atomic E-state index is 0.0178. The van der Waals surface area contributed by atoms with Gasteiger partial charge >= 0.3 is 0 Å². The Morgan fingerprint density at radius 1 is 0.906 bits per heavy atom. The van der Waals surface area contributed by atoms with Crippen molar-refractivity contribution in [3.05, 3.63) is 77.4 Å². The van der Waals surface area contributed by atoms with Gasteiger partial charge in [-0.1, -0.05) is 30.3 Å². The van der Waals surface area contributed by atoms with Crippen LogP contribution in [0.5, 0.6) is 11.5 Å². The lowest BCUT2D eigenvalue weighted by atomic mass is 9.94. The summed E-state index contributed by atoms with van der Waals surface area (Å²) in [6.07, 6.45) is 1.59. The number of amides is 2. The van der Waals surface area contributed by atoms with Gasteiger partial charge in [-0.15, -0.1) is 0 Å². The Hall–Kier alpha value is -3.80. The van der Waals surface area contributed by atoms with Gasteiger partial charge in [0, 0.05) is 18.3 Å². The van der Waals surface area contributed by atoms with Gasteiger partial charge in [0.25, 0.3) is 5.91 Å². The van der Waals surface area contributed by atoms with Gasteiger partial charge < -0.3 is 20.1 Å². The Morgan fingerprint density at radius 3 is 2.47 bits per heavy atom. The summed E-state index contributed by atoms with van der Waals surface area (Å²) in [7, 11) is 1.61. The minimum Gasteiger partial charge on any atom is -0.454 e. The normalized spacial score (nSPS) is 15.2. The van der Waals surface area contributed by atoms with Gasteiger partial charge in [0.1, 0.15) is 0 Å². The molecular formula is C26H24N2O4. The molecule has 0 bridgehead atoms. The number of ether oxygens (including phenoxy) is 2. The average Bonchev–Trinajstić information content (AvgIpc) is 3.50. The Labute approximate surface area is 186 Å². The number of hydrogen-bond donors (Lipinski definition) is 2. The number of fused-ring (bicyclic) bond motifs is 1. The molecule has 1 aliphatic heterocycles. The monoisotopic (exact) mass is 428 g/mol. The molecule has 3 aromatic carbocycles. The van der Waals surface area contributed by atoms with E-state index < -0.39 is 5.41 Å². The lowest BCUT2D eigenvalue weighted by Crippen LogP contribution is -2.28. The number of anilines is 1. The van der Waals surface area contributed by atoms with Crippen LogP contribution in [0.1, 0.15) is 34.3 Å². The van der Waals surface area contributed by atoms with Crippen molar-refractivity contribution >= 4 is 17.5 Å². The molecule has 1 heterocycles. The van der Waals surface area contributed by atoms with Crippen LogP contribution in [0, 0.1) is 6.92 Å². The lowest BCUT2D eigenvalue weighted by Gasteiger charge is -2.18. The van der Waals surface area contributed by atoms with E-state index in [2.05, 4.69) is 10.6 Å². The third-order valence-corrected chi connectivity index (χ3v) is 6.28. The summed E-state index contributed by atoms with van der Waals surface area (Å²) in [6, 6.07) is 19.1. The number of carbonyl (C=O) groups excluding carboxylic acids is 2. The van der Waals surface area contributed by atoms with Crippen LogP contribution >= 0.6 is 0 Å². The summed E-state index contributed by atoms with van der Waals surface area (Å²) in [4.78, 5) is 25.3. The van der Waals surface area contributed by atoms with Crippen molar-refractivity contribution in [3.63, 3.8) is 0 Å². The zero-order valence-electron chi connectivity index (χ0n) is 18.0. The second-order valence-corrected chi connectivity index (χ2v) is 8.29. The van der Waals surface area contributed by atoms with Crippen LogP contribution in [0.25, 0.3) is 11.1 Å². The van der Waals surface area contributed by atoms with Crippen molar-refractivity contribution in [1.82, 2.24) is 5.32 Å². The number of benzene rings is 3. The summed E-state index contributed by atoms with van der Waals surface area (Å²) in [5, 5.41) is 5.80. The van der Waals surface area contributed by atoms with Crippen molar-refractivity contribution in [3.8, 4) is 22.6 Å². The van der Waals surface area contributed by atoms with E-state index in [1.807, 2.05) is 61.5 Å². The second kappa shape index (κ2) is 7.71. The van der Waals surface area contributed by atoms with E-state index in [9.17, 15) is 9.59 Å². The molecule has 6 nitrogen and oxygen atoms in total. The molecule has 0 radical (unpaired) electrons. The first-order valence-corrected chi connectivity index (χ1v) is 10.6. The third kappa shape index (κ3) is 3.47. The highest BCUT2D eigenvalue weighted by molar-refractivity contribution is 6.02. The maximum Gasteiger partial charge on any atom is 0.251 e. The predicted octanol–water partition coefficient (Wildman–Crippen LogP) is 4.42. The number of rotatable bonds is 5. The lowest BCUT2D eigenvalue weighted by molar-refractivity contribution is -0.118. The van der Waals surface area contributed by atoms with E-state index in [1.165, 1.54) is 0 Å². The Balaban J connectivity index is 1.41. The van der Waals surface area contributed by atoms with Crippen molar-refractivity contribution in [2.24, 2.45) is 0 Å². The molecule has 2 amide bonds. The van der Waals surface area contributed by atoms with Gasteiger partial charge in [0.2, 0.25) is 12.7 Å². The van der Waals surface area contributed by atoms with Gasteiger partial charge in [0.15, 0.2) is 11.5 Å². The second-order valence-electron chi connectivity index (χ2n) is 8.29. The molecule has 2 aliphatic rings. The summed E-state index contributed by atoms with van der Waals surface area (Å²) >= 11 is 0. The number of hydrogen-bond acceptors (Lipinski definition) is 4. The molecule has 3 aromatic rings. The largest absolute Gasteiger partial charge is 0.454 e. The maximum absolute atomic E-state index is 13.3. The molecule has 2 N–H and O–H groups in total. The summed E-state index contributed by atoms with van der Waals surface area (Å²) in [5.74, 6) is 1.26. The fourth-order valence-corrected chi connectivity index (χ4v) is 4.13. The zero-order valence-corrected chi connectivity index (χ0v) is 18.0. The van der Waals surface area contributed by atoms with Crippen LogP contribution < -0.4 is 20.1 Å². The van der Waals surface area contributed by atoms with Gasteiger partial charge in [-0.3, -0.25) is 9.59 Å². The Morgan fingerprint density at radius 2 is 1.69 bits per heavy atom. The standard InChI is InChI=1S/C26H24N2O4/c1-16-6-7-18(17-4-3-5-19(12-17)24(29)27-2)13-21(16)28-25(30)26(10-11-26)20-8-9-22-23(14-20)32-15-31-22/h3-9,12-14H,10-11,15H2,1-2H3,(H,27,29)(H,28,30). The van der Waals surface area contributed by atoms with Crippen LogP contribution in [0.2, 0.25) is 0 Å². The Kier molecular flexibility index (Phi) is 4.85. The third-order valence-electron chi connectivity index (χ3n) is 6.28. The SMILES string of the molecule is CNC(=O)c1cccc(-c2ccc(C)c(NC(=O)C3(c4ccc5c(c4)OCO5)CC3)c2)c1. The first-order chi connectivity index (χ1) is 15.5. The zero-order chi connectivity index (χ0) is 22.3. The predicted molar refractivity (Wildman–Crippen MR) is 122 cm³/mol. The van der Waals surface area contributed by atoms with E-state index in [0.29, 0.717) is 17.1 Å². The molecule has 1 saturated carbocycles. The molecule has 1 aliphatic carbocycles. The van der Waals surface area contributed by atoms with Crippen LogP contribution in [0.15, 0.2) is 60.7 Å². The van der Waals surface area contributed by atoms with Crippen molar-refractivity contribution < 1.29 is 19.1 Å². The quantitative estimate of drug-likeness (QED) is 0.631. The van der Waals surface area contributed by atoms with Gasteiger partial charge in [0.05, 0.1) is 5.41 Å². The molecule has 6 heteroatoms. The van der Waals surface area contributed by atoms with E-state index in [4.69, 9.17) is 9.47 Å². The first-order valence-electron chi connectivity index (χ1n) is 10.6. The van der Waals surface area contributed by atoms with E-state index in [-0.39, 0.29) is 18.6 Å². The number of carbonyl (C=O) groups is 2. The van der Waals surface area contributed by atoms with Crippen LogP contribution in [0.4, 0.5) is 5.69 Å². The molecule has 162 valence electrons. The fraction of sp³-hybridized carbons (Fsp3) is 0.231. The summed E-state index contributed by atoms with van der Waals surface area (Å²) in [6.45, 7) is 2.19. The fourth-order valence-electron chi connectivity index (χ4n) is 4.13. The number of aryl methyl sites for hydroxylation is 1. The number of nitrogens with one attached hydrogen (secondary N) is 2. The van der Waals surface area contributed by atoms with Gasteiger partial charge in [-0.2, -0.15) is 0 Å². The van der Waals surface area contributed by atoms with Crippen molar-refractivity contribution in [2.75, 3.05) is 19.2 Å². The van der Waals surface area contributed by atoms with Crippen molar-refractivity contribution in [2.45, 2.75) is 25.2 Å². The van der Waals surface area contributed by atoms with E-state index in [0.717, 1.165) is 40.8 Å². The maximum atomic E-state index is 13.3. The molecule has 1 fully saturated rings. The molecule has 0 unspecified atom stereocenters. The van der Waals surface area contributed by atoms with Crippen molar-refractivity contribution in [1.29, 1.82) is 0 Å². The van der Waals surface area contributed by atoms with Crippen LogP contribution in [0.3, 0.4) is 0 Å². The van der Waals surface area contributed by atoms with E-state index >= 15 is 0 Å². The minimum atomic E-state index is -0.539. The highest BCUT2D eigenvalue weighted by Gasteiger charge is 2.51. The molecule has 32 heavy (non-hydrogen) atoms. The van der Waals surface area contributed by atoms with E-state index in [1.54, 1.807) is 13.1 Å². The molecule has 0 atom stereocenters. The smallest absolute Gasteiger partial charge is 0.251 e. The molecule has 5 rings (SSSR count). The Bertz CT molecular complexity index is 1230. The van der Waals surface area contributed by atoms with Gasteiger partial charge in [-0.25, -0.2) is 0 Å². The molecule has 0 spiro atoms.